The van der Waals surface area contributed by atoms with Gasteiger partial charge in [-0.15, -0.1) is 0 Å². The zero-order valence-electron chi connectivity index (χ0n) is 15.2. The van der Waals surface area contributed by atoms with Gasteiger partial charge in [0, 0.05) is 38.3 Å². The van der Waals surface area contributed by atoms with Crippen LogP contribution in [0.4, 0.5) is 5.88 Å². The summed E-state index contributed by atoms with van der Waals surface area (Å²) in [5, 5.41) is 16.3. The smallest absolute Gasteiger partial charge is 0.240 e. The molecular formula is C17H30N4O3. The summed E-state index contributed by atoms with van der Waals surface area (Å²) in [6.45, 7) is 11.6. The predicted molar refractivity (Wildman–Crippen MR) is 93.0 cm³/mol. The van der Waals surface area contributed by atoms with Crippen LogP contribution in [-0.2, 0) is 4.79 Å². The van der Waals surface area contributed by atoms with E-state index >= 15 is 0 Å². The van der Waals surface area contributed by atoms with E-state index in [2.05, 4.69) is 27.2 Å². The summed E-state index contributed by atoms with van der Waals surface area (Å²) >= 11 is 0. The van der Waals surface area contributed by atoms with Crippen LogP contribution in [0.5, 0.6) is 0 Å². The van der Waals surface area contributed by atoms with Crippen LogP contribution >= 0.6 is 0 Å². The molecule has 1 amide bonds. The number of aliphatic hydroxyl groups excluding tert-OH is 1. The van der Waals surface area contributed by atoms with Crippen molar-refractivity contribution >= 4 is 11.8 Å². The molecule has 1 aliphatic rings. The normalized spacial score (nSPS) is 21.2. The van der Waals surface area contributed by atoms with Crippen LogP contribution in [-0.4, -0.2) is 70.8 Å². The molecular weight excluding hydrogens is 308 g/mol. The van der Waals surface area contributed by atoms with Crippen molar-refractivity contribution in [3.05, 3.63) is 11.8 Å². The first-order chi connectivity index (χ1) is 11.4. The second-order valence-corrected chi connectivity index (χ2v) is 6.96. The van der Waals surface area contributed by atoms with E-state index in [0.717, 1.165) is 31.7 Å². The number of hydrogen-bond acceptors (Lipinski definition) is 6. The summed E-state index contributed by atoms with van der Waals surface area (Å²) in [6.07, 6.45) is 0.681. The third-order valence-electron chi connectivity index (χ3n) is 4.41. The summed E-state index contributed by atoms with van der Waals surface area (Å²) in [6, 6.07) is 2.15. The number of carbonyl (C=O) groups excluding carboxylic acids is 1. The molecule has 0 aromatic carbocycles. The lowest BCUT2D eigenvalue weighted by Gasteiger charge is -2.41. The summed E-state index contributed by atoms with van der Waals surface area (Å²) in [4.78, 5) is 16.7. The lowest BCUT2D eigenvalue weighted by atomic mass is 10.1. The molecule has 0 aliphatic carbocycles. The van der Waals surface area contributed by atoms with Gasteiger partial charge in [-0.3, -0.25) is 19.9 Å². The van der Waals surface area contributed by atoms with E-state index in [0.29, 0.717) is 25.0 Å². The highest BCUT2D eigenvalue weighted by Crippen LogP contribution is 2.18. The minimum Gasteiger partial charge on any atom is -0.392 e. The van der Waals surface area contributed by atoms with Gasteiger partial charge in [-0.25, -0.2) is 0 Å². The van der Waals surface area contributed by atoms with E-state index < -0.39 is 0 Å². The second-order valence-electron chi connectivity index (χ2n) is 6.96. The minimum atomic E-state index is -0.324. The lowest BCUT2D eigenvalue weighted by molar-refractivity contribution is -0.118. The molecule has 0 spiro atoms. The maximum Gasteiger partial charge on any atom is 0.240 e. The van der Waals surface area contributed by atoms with Gasteiger partial charge in [0.1, 0.15) is 0 Å². The van der Waals surface area contributed by atoms with Crippen molar-refractivity contribution in [2.24, 2.45) is 0 Å². The van der Waals surface area contributed by atoms with Crippen molar-refractivity contribution in [3.8, 4) is 0 Å². The maximum absolute atomic E-state index is 12.2. The van der Waals surface area contributed by atoms with Gasteiger partial charge in [-0.2, -0.15) is 0 Å². The highest BCUT2D eigenvalue weighted by Gasteiger charge is 2.27. The molecule has 2 heterocycles. The molecule has 1 saturated heterocycles. The molecule has 0 saturated carbocycles. The summed E-state index contributed by atoms with van der Waals surface area (Å²) in [7, 11) is 0. The van der Waals surface area contributed by atoms with E-state index in [4.69, 9.17) is 4.52 Å². The summed E-state index contributed by atoms with van der Waals surface area (Å²) in [5.74, 6) is 0.593. The summed E-state index contributed by atoms with van der Waals surface area (Å²) in [5.41, 5.74) is 0.836. The van der Waals surface area contributed by atoms with E-state index in [1.807, 2.05) is 20.8 Å². The van der Waals surface area contributed by atoms with Gasteiger partial charge >= 0.3 is 0 Å². The standard InChI is InChI=1S/C17H30N4O3/c1-5-14-10-20(6-7-21(14)9-13(4)22)11-16(23)18-17-8-15(12(2)3)19-24-17/h8,12-14,22H,5-7,9-11H2,1-4H3,(H,18,23)/t13-,14+/m0/s1. The summed E-state index contributed by atoms with van der Waals surface area (Å²) < 4.78 is 5.15. The number of nitrogens with zero attached hydrogens (tertiary/aromatic N) is 3. The van der Waals surface area contributed by atoms with Gasteiger partial charge in [-0.1, -0.05) is 25.9 Å². The Labute approximate surface area is 144 Å². The van der Waals surface area contributed by atoms with E-state index in [1.54, 1.807) is 6.07 Å². The lowest BCUT2D eigenvalue weighted by Crippen LogP contribution is -2.55. The van der Waals surface area contributed by atoms with Crippen molar-refractivity contribution in [1.29, 1.82) is 0 Å². The average molecular weight is 338 g/mol. The Morgan fingerprint density at radius 3 is 2.79 bits per heavy atom. The van der Waals surface area contributed by atoms with Crippen LogP contribution in [0.2, 0.25) is 0 Å². The molecule has 7 heteroatoms. The molecule has 24 heavy (non-hydrogen) atoms. The number of piperazine rings is 1. The van der Waals surface area contributed by atoms with E-state index in [9.17, 15) is 9.90 Å². The fraction of sp³-hybridized carbons (Fsp3) is 0.765. The number of aliphatic hydroxyl groups is 1. The van der Waals surface area contributed by atoms with Crippen molar-refractivity contribution in [3.63, 3.8) is 0 Å². The molecule has 136 valence electrons. The first-order valence-electron chi connectivity index (χ1n) is 8.80. The topological polar surface area (TPSA) is 81.8 Å². The zero-order valence-corrected chi connectivity index (χ0v) is 15.2. The highest BCUT2D eigenvalue weighted by atomic mass is 16.5. The van der Waals surface area contributed by atoms with Gasteiger partial charge in [0.2, 0.25) is 11.8 Å². The molecule has 1 fully saturated rings. The van der Waals surface area contributed by atoms with Crippen molar-refractivity contribution in [2.75, 3.05) is 38.0 Å². The third kappa shape index (κ3) is 5.29. The van der Waals surface area contributed by atoms with E-state index in [1.165, 1.54) is 0 Å². The molecule has 7 nitrogen and oxygen atoms in total. The van der Waals surface area contributed by atoms with Crippen molar-refractivity contribution < 1.29 is 14.4 Å². The average Bonchev–Trinajstić information content (AvgIpc) is 2.96. The number of anilines is 1. The first kappa shape index (κ1) is 18.9. The van der Waals surface area contributed by atoms with Crippen LogP contribution in [0, 0.1) is 0 Å². The SMILES string of the molecule is CC[C@@H]1CN(CC(=O)Nc2cc(C(C)C)no2)CCN1C[C@H](C)O. The van der Waals surface area contributed by atoms with Crippen LogP contribution in [0.1, 0.15) is 45.7 Å². The minimum absolute atomic E-state index is 0.0831. The third-order valence-corrected chi connectivity index (χ3v) is 4.41. The number of β-amino-alcohol motifs (C(OH)–C–C–N with tert-alkyl or cyclic N) is 1. The highest BCUT2D eigenvalue weighted by molar-refractivity contribution is 5.91. The Hall–Kier alpha value is -1.44. The zero-order chi connectivity index (χ0) is 17.7. The van der Waals surface area contributed by atoms with Gasteiger partial charge in [0.05, 0.1) is 18.3 Å². The molecule has 2 rings (SSSR count). The largest absolute Gasteiger partial charge is 0.392 e. The molecule has 1 aliphatic heterocycles. The van der Waals surface area contributed by atoms with Gasteiger partial charge in [0.25, 0.3) is 0 Å². The Morgan fingerprint density at radius 2 is 2.21 bits per heavy atom. The quantitative estimate of drug-likeness (QED) is 0.784. The fourth-order valence-electron chi connectivity index (χ4n) is 3.07. The van der Waals surface area contributed by atoms with Crippen LogP contribution in [0.3, 0.4) is 0 Å². The van der Waals surface area contributed by atoms with Gasteiger partial charge in [-0.05, 0) is 19.3 Å². The number of aromatic nitrogens is 1. The molecule has 2 N–H and O–H groups in total. The number of hydrogen-bond donors (Lipinski definition) is 2. The molecule has 0 radical (unpaired) electrons. The van der Waals surface area contributed by atoms with Gasteiger partial charge < -0.3 is 9.63 Å². The number of amides is 1. The van der Waals surface area contributed by atoms with Crippen LogP contribution in [0.25, 0.3) is 0 Å². The second kappa shape index (κ2) is 8.60. The van der Waals surface area contributed by atoms with Crippen LogP contribution in [0.15, 0.2) is 10.6 Å². The van der Waals surface area contributed by atoms with Crippen molar-refractivity contribution in [2.45, 2.75) is 52.2 Å². The number of carbonyl (C=O) groups is 1. The van der Waals surface area contributed by atoms with Crippen LogP contribution < -0.4 is 5.32 Å². The van der Waals surface area contributed by atoms with Gasteiger partial charge in [0.15, 0.2) is 0 Å². The number of nitrogens with one attached hydrogen (secondary N) is 1. The number of rotatable bonds is 7. The molecule has 1 aromatic rings. The Morgan fingerprint density at radius 1 is 1.46 bits per heavy atom. The molecule has 0 bridgehead atoms. The molecule has 1 aromatic heterocycles. The monoisotopic (exact) mass is 338 g/mol. The van der Waals surface area contributed by atoms with Crippen molar-refractivity contribution in [1.82, 2.24) is 15.0 Å². The Bertz CT molecular complexity index is 530. The Kier molecular flexibility index (Phi) is 6.77. The molecule has 0 unspecified atom stereocenters. The first-order valence-corrected chi connectivity index (χ1v) is 8.80. The molecule has 2 atom stereocenters. The Balaban J connectivity index is 1.83. The maximum atomic E-state index is 12.2. The fourth-order valence-corrected chi connectivity index (χ4v) is 3.07. The van der Waals surface area contributed by atoms with E-state index in [-0.39, 0.29) is 17.9 Å². The predicted octanol–water partition coefficient (Wildman–Crippen LogP) is 1.51.